The van der Waals surface area contributed by atoms with Gasteiger partial charge in [-0.15, -0.1) is 0 Å². The van der Waals surface area contributed by atoms with E-state index in [9.17, 15) is 4.79 Å². The maximum atomic E-state index is 10.5. The summed E-state index contributed by atoms with van der Waals surface area (Å²) in [6.45, 7) is 0. The molecule has 0 spiro atoms. The molecule has 0 aliphatic carbocycles. The van der Waals surface area contributed by atoms with Crippen LogP contribution in [0.4, 0.5) is 0 Å². The van der Waals surface area contributed by atoms with Gasteiger partial charge in [0.15, 0.2) is 0 Å². The van der Waals surface area contributed by atoms with Gasteiger partial charge >= 0.3 is 0 Å². The molecule has 3 nitrogen and oxygen atoms in total. The predicted molar refractivity (Wildman–Crippen MR) is 52.9 cm³/mol. The van der Waals surface area contributed by atoms with Crippen LogP contribution in [-0.4, -0.2) is 10.9 Å². The van der Waals surface area contributed by atoms with Gasteiger partial charge in [0.1, 0.15) is 5.75 Å². The van der Waals surface area contributed by atoms with E-state index in [1.54, 1.807) is 24.3 Å². The van der Waals surface area contributed by atoms with Crippen LogP contribution in [0, 0.1) is 0 Å². The number of ether oxygens (including phenoxy) is 1. The van der Waals surface area contributed by atoms with Gasteiger partial charge < -0.3 is 4.74 Å². The summed E-state index contributed by atoms with van der Waals surface area (Å²) < 4.78 is 5.05. The molecule has 1 rings (SSSR count). The summed E-state index contributed by atoms with van der Waals surface area (Å²) in [6.07, 6.45) is 0. The average molecular weight is 263 g/mol. The largest absolute Gasteiger partial charge is 0.469 e. The van der Waals surface area contributed by atoms with Crippen molar-refractivity contribution in [1.82, 2.24) is 5.73 Å². The first-order valence-electron chi connectivity index (χ1n) is 3.41. The number of carbonyl (C=O) groups is 1. The van der Waals surface area contributed by atoms with E-state index < -0.39 is 10.9 Å². The minimum atomic E-state index is -0.923. The van der Waals surface area contributed by atoms with Crippen molar-refractivity contribution in [3.63, 3.8) is 0 Å². The second-order valence-corrected chi connectivity index (χ2v) is 3.52. The van der Waals surface area contributed by atoms with Crippen LogP contribution in [0.25, 0.3) is 0 Å². The summed E-state index contributed by atoms with van der Waals surface area (Å²) in [5.41, 5.74) is 6.74. The number of hydrogen-bond acceptors (Lipinski definition) is 2. The molecular weight excluding hydrogens is 257 g/mol. The Labute approximate surface area is 88.9 Å². The highest BCUT2D eigenvalue weighted by Gasteiger charge is 2.12. The number of rotatable bonds is 3. The fourth-order valence-electron chi connectivity index (χ4n) is 0.686. The number of benzene rings is 1. The van der Waals surface area contributed by atoms with E-state index in [-0.39, 0.29) is 0 Å². The molecule has 0 heterocycles. The summed E-state index contributed by atoms with van der Waals surface area (Å²) >= 11 is 8.54. The van der Waals surface area contributed by atoms with Crippen LogP contribution in [0.5, 0.6) is 5.75 Å². The third kappa shape index (κ3) is 3.24. The van der Waals surface area contributed by atoms with Crippen LogP contribution < -0.4 is 10.5 Å². The normalized spacial score (nSPS) is 12.2. The minimum absolute atomic E-state index is 0.492. The van der Waals surface area contributed by atoms with E-state index in [0.717, 1.165) is 0 Å². The highest BCUT2D eigenvalue weighted by molar-refractivity contribution is 9.09. The van der Waals surface area contributed by atoms with Crippen molar-refractivity contribution in [2.24, 2.45) is 0 Å². The predicted octanol–water partition coefficient (Wildman–Crippen LogP) is 2.25. The Morgan fingerprint density at radius 3 is 2.46 bits per heavy atom. The first-order valence-corrected chi connectivity index (χ1v) is 4.70. The monoisotopic (exact) mass is 262 g/mol. The molecule has 0 aliphatic rings. The van der Waals surface area contributed by atoms with Crippen LogP contribution in [0.15, 0.2) is 24.3 Å². The molecular formula is C8H6BrClNO2. The first-order chi connectivity index (χ1) is 6.09. The molecule has 1 N–H and O–H groups in total. The Bertz CT molecular complexity index is 302. The van der Waals surface area contributed by atoms with Crippen molar-refractivity contribution in [2.45, 2.75) is 5.01 Å². The zero-order valence-corrected chi connectivity index (χ0v) is 8.80. The molecule has 0 fully saturated rings. The highest BCUT2D eigenvalue weighted by atomic mass is 79.9. The molecule has 1 amide bonds. The maximum Gasteiger partial charge on any atom is 0.290 e. The molecule has 0 bridgehead atoms. The molecule has 1 atom stereocenters. The molecule has 5 heteroatoms. The number of halogens is 2. The summed E-state index contributed by atoms with van der Waals surface area (Å²) in [4.78, 5) is 10.5. The van der Waals surface area contributed by atoms with Gasteiger partial charge in [-0.25, -0.2) is 0 Å². The summed E-state index contributed by atoms with van der Waals surface area (Å²) in [7, 11) is 0. The van der Waals surface area contributed by atoms with E-state index in [2.05, 4.69) is 15.9 Å². The number of carbonyl (C=O) groups excluding carboxylic acids is 1. The van der Waals surface area contributed by atoms with Crippen LogP contribution >= 0.6 is 27.5 Å². The molecule has 13 heavy (non-hydrogen) atoms. The number of amides is 1. The van der Waals surface area contributed by atoms with Crippen LogP contribution in [0.3, 0.4) is 0 Å². The lowest BCUT2D eigenvalue weighted by atomic mass is 10.3. The lowest BCUT2D eigenvalue weighted by Crippen LogP contribution is -2.20. The Morgan fingerprint density at radius 2 is 2.00 bits per heavy atom. The van der Waals surface area contributed by atoms with Gasteiger partial charge in [0.05, 0.1) is 0 Å². The van der Waals surface area contributed by atoms with Gasteiger partial charge in [-0.2, -0.15) is 0 Å². The number of nitrogens with one attached hydrogen (secondary N) is 1. The fraction of sp³-hybridized carbons (Fsp3) is 0.125. The van der Waals surface area contributed by atoms with Crippen molar-refractivity contribution >= 4 is 33.4 Å². The van der Waals surface area contributed by atoms with Crippen molar-refractivity contribution in [2.75, 3.05) is 0 Å². The second-order valence-electron chi connectivity index (χ2n) is 2.25. The first kappa shape index (κ1) is 10.3. The quantitative estimate of drug-likeness (QED) is 0.785. The van der Waals surface area contributed by atoms with Crippen molar-refractivity contribution in [1.29, 1.82) is 0 Å². The zero-order chi connectivity index (χ0) is 9.84. The Morgan fingerprint density at radius 1 is 1.46 bits per heavy atom. The standard InChI is InChI=1S/C8H6BrClNO2/c9-7(8(11)12)13-6-3-1-5(10)2-4-6/h1-4,7,11H. The SMILES string of the molecule is [NH]C(=O)C(Br)Oc1ccc(Cl)cc1. The second kappa shape index (κ2) is 4.48. The molecule has 1 unspecified atom stereocenters. The summed E-state index contributed by atoms with van der Waals surface area (Å²) in [6, 6.07) is 6.54. The highest BCUT2D eigenvalue weighted by Crippen LogP contribution is 2.18. The molecule has 0 aromatic heterocycles. The Hall–Kier alpha value is -0.740. The average Bonchev–Trinajstić information content (AvgIpc) is 2.08. The summed E-state index contributed by atoms with van der Waals surface area (Å²) in [5, 5.41) is -0.329. The molecule has 1 radical (unpaired) electrons. The third-order valence-electron chi connectivity index (χ3n) is 1.26. The fourth-order valence-corrected chi connectivity index (χ4v) is 1.03. The van der Waals surface area contributed by atoms with E-state index in [4.69, 9.17) is 22.1 Å². The van der Waals surface area contributed by atoms with Gasteiger partial charge in [0.25, 0.3) is 5.91 Å². The number of hydrogen-bond donors (Lipinski definition) is 0. The van der Waals surface area contributed by atoms with Gasteiger partial charge in [0.2, 0.25) is 5.01 Å². The maximum absolute atomic E-state index is 10.5. The van der Waals surface area contributed by atoms with E-state index in [0.29, 0.717) is 10.8 Å². The molecule has 69 valence electrons. The van der Waals surface area contributed by atoms with Gasteiger partial charge in [-0.05, 0) is 40.2 Å². The smallest absolute Gasteiger partial charge is 0.290 e. The Balaban J connectivity index is 2.64. The summed E-state index contributed by atoms with van der Waals surface area (Å²) in [5.74, 6) is -0.332. The molecule has 1 aromatic rings. The van der Waals surface area contributed by atoms with Gasteiger partial charge in [-0.3, -0.25) is 10.5 Å². The molecule has 0 saturated heterocycles. The van der Waals surface area contributed by atoms with Gasteiger partial charge in [0, 0.05) is 5.02 Å². The molecule has 0 saturated carbocycles. The minimum Gasteiger partial charge on any atom is -0.469 e. The van der Waals surface area contributed by atoms with E-state index in [1.807, 2.05) is 0 Å². The van der Waals surface area contributed by atoms with Crippen molar-refractivity contribution in [3.8, 4) is 5.75 Å². The third-order valence-corrected chi connectivity index (χ3v) is 2.11. The number of alkyl halides is 1. The van der Waals surface area contributed by atoms with Crippen molar-refractivity contribution in [3.05, 3.63) is 29.3 Å². The van der Waals surface area contributed by atoms with E-state index >= 15 is 0 Å². The van der Waals surface area contributed by atoms with Gasteiger partial charge in [-0.1, -0.05) is 11.6 Å². The lowest BCUT2D eigenvalue weighted by molar-refractivity contribution is -0.121. The lowest BCUT2D eigenvalue weighted by Gasteiger charge is -2.08. The topological polar surface area (TPSA) is 50.1 Å². The van der Waals surface area contributed by atoms with Crippen LogP contribution in [0.1, 0.15) is 0 Å². The Kier molecular flexibility index (Phi) is 3.57. The zero-order valence-electron chi connectivity index (χ0n) is 6.46. The van der Waals surface area contributed by atoms with Crippen LogP contribution in [0.2, 0.25) is 5.02 Å². The van der Waals surface area contributed by atoms with Crippen LogP contribution in [-0.2, 0) is 4.79 Å². The van der Waals surface area contributed by atoms with E-state index in [1.165, 1.54) is 0 Å². The molecule has 0 aliphatic heterocycles. The molecule has 1 aromatic carbocycles. The van der Waals surface area contributed by atoms with Crippen molar-refractivity contribution < 1.29 is 9.53 Å².